The molecule has 3 nitrogen and oxygen atoms in total. The van der Waals surface area contributed by atoms with Crippen molar-refractivity contribution >= 4 is 0 Å². The Morgan fingerprint density at radius 2 is 2.22 bits per heavy atom. The molecule has 0 radical (unpaired) electrons. The van der Waals surface area contributed by atoms with E-state index >= 15 is 0 Å². The van der Waals surface area contributed by atoms with Gasteiger partial charge in [0.25, 0.3) is 0 Å². The maximum absolute atomic E-state index is 4.56. The third-order valence-electron chi connectivity index (χ3n) is 4.68. The Bertz CT molecular complexity index is 410. The summed E-state index contributed by atoms with van der Waals surface area (Å²) in [5.41, 5.74) is 3.00. The van der Waals surface area contributed by atoms with Gasteiger partial charge in [0, 0.05) is 37.9 Å². The zero-order chi connectivity index (χ0) is 12.4. The molecule has 0 bridgehead atoms. The largest absolute Gasteiger partial charge is 0.314 e. The second-order valence-electron chi connectivity index (χ2n) is 5.80. The molecule has 0 unspecified atom stereocenters. The molecule has 3 rings (SSSR count). The molecule has 1 aliphatic carbocycles. The van der Waals surface area contributed by atoms with Crippen molar-refractivity contribution in [3.63, 3.8) is 0 Å². The minimum atomic E-state index is 0.419. The molecule has 1 saturated carbocycles. The minimum absolute atomic E-state index is 0.419. The lowest BCUT2D eigenvalue weighted by atomic mass is 9.92. The first-order valence-corrected chi connectivity index (χ1v) is 7.16. The lowest BCUT2D eigenvalue weighted by Gasteiger charge is -2.45. The molecule has 0 amide bonds. The average Bonchev–Trinajstić information content (AvgIpc) is 2.84. The Hall–Kier alpha value is -0.930. The average molecular weight is 245 g/mol. The van der Waals surface area contributed by atoms with Crippen molar-refractivity contribution in [2.24, 2.45) is 0 Å². The van der Waals surface area contributed by atoms with E-state index in [9.17, 15) is 0 Å². The molecule has 1 aliphatic heterocycles. The van der Waals surface area contributed by atoms with Gasteiger partial charge in [-0.1, -0.05) is 18.9 Å². The summed E-state index contributed by atoms with van der Waals surface area (Å²) in [6.45, 7) is 6.64. The SMILES string of the molecule is Cc1cccnc1CN1CCNCC12CCCC2. The molecule has 1 spiro atoms. The van der Waals surface area contributed by atoms with E-state index in [0.29, 0.717) is 5.54 Å². The fourth-order valence-electron chi connectivity index (χ4n) is 3.52. The van der Waals surface area contributed by atoms with Gasteiger partial charge in [-0.2, -0.15) is 0 Å². The summed E-state index contributed by atoms with van der Waals surface area (Å²) >= 11 is 0. The molecular formula is C15H23N3. The maximum atomic E-state index is 4.56. The van der Waals surface area contributed by atoms with Gasteiger partial charge < -0.3 is 5.32 Å². The lowest BCUT2D eigenvalue weighted by Crippen LogP contribution is -2.59. The van der Waals surface area contributed by atoms with Gasteiger partial charge in [-0.25, -0.2) is 0 Å². The van der Waals surface area contributed by atoms with E-state index in [-0.39, 0.29) is 0 Å². The van der Waals surface area contributed by atoms with Crippen LogP contribution in [-0.2, 0) is 6.54 Å². The van der Waals surface area contributed by atoms with Gasteiger partial charge in [0.1, 0.15) is 0 Å². The van der Waals surface area contributed by atoms with Crippen LogP contribution in [0.3, 0.4) is 0 Å². The highest BCUT2D eigenvalue weighted by atomic mass is 15.3. The zero-order valence-corrected chi connectivity index (χ0v) is 11.3. The van der Waals surface area contributed by atoms with E-state index in [2.05, 4.69) is 28.2 Å². The molecule has 2 fully saturated rings. The fraction of sp³-hybridized carbons (Fsp3) is 0.667. The van der Waals surface area contributed by atoms with Crippen LogP contribution in [0.2, 0.25) is 0 Å². The molecular weight excluding hydrogens is 222 g/mol. The van der Waals surface area contributed by atoms with Crippen LogP contribution in [0.1, 0.15) is 36.9 Å². The van der Waals surface area contributed by atoms with Crippen LogP contribution in [0.4, 0.5) is 0 Å². The van der Waals surface area contributed by atoms with Crippen molar-refractivity contribution in [2.75, 3.05) is 19.6 Å². The number of hydrogen-bond acceptors (Lipinski definition) is 3. The molecule has 0 aromatic carbocycles. The third-order valence-corrected chi connectivity index (χ3v) is 4.68. The molecule has 1 aromatic rings. The standard InChI is InChI=1S/C15H23N3/c1-13-5-4-8-17-14(13)11-18-10-9-16-12-15(18)6-2-3-7-15/h4-5,8,16H,2-3,6-7,9-12H2,1H3. The summed E-state index contributed by atoms with van der Waals surface area (Å²) in [4.78, 5) is 7.25. The first-order chi connectivity index (χ1) is 8.80. The van der Waals surface area contributed by atoms with Gasteiger partial charge in [-0.15, -0.1) is 0 Å². The second-order valence-corrected chi connectivity index (χ2v) is 5.80. The Labute approximate surface area is 110 Å². The van der Waals surface area contributed by atoms with E-state index in [0.717, 1.165) is 19.6 Å². The van der Waals surface area contributed by atoms with Crippen molar-refractivity contribution in [3.05, 3.63) is 29.6 Å². The van der Waals surface area contributed by atoms with Crippen LogP contribution in [0.15, 0.2) is 18.3 Å². The normalized spacial score (nSPS) is 23.6. The highest BCUT2D eigenvalue weighted by Gasteiger charge is 2.41. The number of piperazine rings is 1. The zero-order valence-electron chi connectivity index (χ0n) is 11.3. The van der Waals surface area contributed by atoms with Crippen LogP contribution in [-0.4, -0.2) is 35.1 Å². The van der Waals surface area contributed by atoms with E-state index in [1.54, 1.807) is 0 Å². The summed E-state index contributed by atoms with van der Waals surface area (Å²) in [5.74, 6) is 0. The van der Waals surface area contributed by atoms with Crippen molar-refractivity contribution in [1.82, 2.24) is 15.2 Å². The van der Waals surface area contributed by atoms with Gasteiger partial charge in [-0.05, 0) is 31.4 Å². The Balaban J connectivity index is 1.80. The number of hydrogen-bond donors (Lipinski definition) is 1. The molecule has 18 heavy (non-hydrogen) atoms. The molecule has 1 saturated heterocycles. The highest BCUT2D eigenvalue weighted by molar-refractivity contribution is 5.18. The van der Waals surface area contributed by atoms with E-state index < -0.39 is 0 Å². The smallest absolute Gasteiger partial charge is 0.0573 e. The van der Waals surface area contributed by atoms with Crippen molar-refractivity contribution in [3.8, 4) is 0 Å². The van der Waals surface area contributed by atoms with Gasteiger partial charge >= 0.3 is 0 Å². The quantitative estimate of drug-likeness (QED) is 0.865. The number of aromatic nitrogens is 1. The molecule has 98 valence electrons. The number of aryl methyl sites for hydroxylation is 1. The molecule has 0 atom stereocenters. The molecule has 2 heterocycles. The minimum Gasteiger partial charge on any atom is -0.314 e. The fourth-order valence-corrected chi connectivity index (χ4v) is 3.52. The third kappa shape index (κ3) is 2.17. The van der Waals surface area contributed by atoms with Crippen LogP contribution in [0.25, 0.3) is 0 Å². The Kier molecular flexibility index (Phi) is 3.35. The molecule has 3 heteroatoms. The summed E-state index contributed by atoms with van der Waals surface area (Å²) in [7, 11) is 0. The van der Waals surface area contributed by atoms with Crippen molar-refractivity contribution < 1.29 is 0 Å². The first-order valence-electron chi connectivity index (χ1n) is 7.16. The van der Waals surface area contributed by atoms with E-state index in [1.165, 1.54) is 43.5 Å². The summed E-state index contributed by atoms with van der Waals surface area (Å²) in [6, 6.07) is 4.20. The van der Waals surface area contributed by atoms with Crippen LogP contribution in [0.5, 0.6) is 0 Å². The van der Waals surface area contributed by atoms with E-state index in [1.807, 2.05) is 12.3 Å². The van der Waals surface area contributed by atoms with Crippen molar-refractivity contribution in [2.45, 2.75) is 44.7 Å². The molecule has 1 N–H and O–H groups in total. The molecule has 1 aromatic heterocycles. The van der Waals surface area contributed by atoms with Crippen LogP contribution >= 0.6 is 0 Å². The predicted molar refractivity (Wildman–Crippen MR) is 73.5 cm³/mol. The van der Waals surface area contributed by atoms with Crippen molar-refractivity contribution in [1.29, 1.82) is 0 Å². The first kappa shape index (κ1) is 12.1. The highest BCUT2D eigenvalue weighted by Crippen LogP contribution is 2.36. The van der Waals surface area contributed by atoms with Crippen LogP contribution in [0, 0.1) is 6.92 Å². The summed E-state index contributed by atoms with van der Waals surface area (Å²) in [5, 5.41) is 3.59. The monoisotopic (exact) mass is 245 g/mol. The topological polar surface area (TPSA) is 28.2 Å². The number of rotatable bonds is 2. The number of nitrogens with one attached hydrogen (secondary N) is 1. The van der Waals surface area contributed by atoms with Gasteiger partial charge in [0.15, 0.2) is 0 Å². The van der Waals surface area contributed by atoms with E-state index in [4.69, 9.17) is 0 Å². The van der Waals surface area contributed by atoms with Gasteiger partial charge in [-0.3, -0.25) is 9.88 Å². The molecule has 2 aliphatic rings. The van der Waals surface area contributed by atoms with Gasteiger partial charge in [0.05, 0.1) is 5.69 Å². The maximum Gasteiger partial charge on any atom is 0.0573 e. The summed E-state index contributed by atoms with van der Waals surface area (Å²) in [6.07, 6.45) is 7.41. The number of nitrogens with zero attached hydrogens (tertiary/aromatic N) is 2. The number of pyridine rings is 1. The predicted octanol–water partition coefficient (Wildman–Crippen LogP) is 2.11. The van der Waals surface area contributed by atoms with Gasteiger partial charge in [0.2, 0.25) is 0 Å². The Morgan fingerprint density at radius 3 is 3.00 bits per heavy atom. The lowest BCUT2D eigenvalue weighted by molar-refractivity contribution is 0.0559. The van der Waals surface area contributed by atoms with Crippen LogP contribution < -0.4 is 5.32 Å². The second kappa shape index (κ2) is 4.98. The summed E-state index contributed by atoms with van der Waals surface area (Å²) < 4.78 is 0. The Morgan fingerprint density at radius 1 is 1.39 bits per heavy atom.